The first-order valence-electron chi connectivity index (χ1n) is 4.72. The van der Waals surface area contributed by atoms with E-state index >= 15 is 0 Å². The van der Waals surface area contributed by atoms with Crippen molar-refractivity contribution in [2.75, 3.05) is 0 Å². The fraction of sp³-hybridized carbons (Fsp3) is 0. The maximum absolute atomic E-state index is 9.52. The van der Waals surface area contributed by atoms with Crippen molar-refractivity contribution >= 4 is 24.6 Å². The van der Waals surface area contributed by atoms with Crippen LogP contribution in [0.3, 0.4) is 0 Å². The van der Waals surface area contributed by atoms with Gasteiger partial charge in [-0.25, -0.2) is 0 Å². The summed E-state index contributed by atoms with van der Waals surface area (Å²) in [6.45, 7) is 0. The number of hydrogen-bond acceptors (Lipinski definition) is 2. The zero-order valence-corrected chi connectivity index (χ0v) is 9.39. The SMILES string of the molecule is Cl.Oc1ccccc1/C=C/c1cccnc1. The van der Waals surface area contributed by atoms with Crippen LogP contribution < -0.4 is 0 Å². The summed E-state index contributed by atoms with van der Waals surface area (Å²) in [6.07, 6.45) is 7.29. The normalized spacial score (nSPS) is 10.0. The molecule has 0 atom stereocenters. The van der Waals surface area contributed by atoms with Crippen LogP contribution in [-0.4, -0.2) is 10.1 Å². The number of aromatic hydroxyl groups is 1. The molecule has 2 nitrogen and oxygen atoms in total. The van der Waals surface area contributed by atoms with Crippen molar-refractivity contribution < 1.29 is 5.11 Å². The molecule has 0 spiro atoms. The maximum atomic E-state index is 9.52. The van der Waals surface area contributed by atoms with Crippen LogP contribution >= 0.6 is 12.4 Å². The number of hydrogen-bond donors (Lipinski definition) is 1. The molecule has 16 heavy (non-hydrogen) atoms. The number of halogens is 1. The number of phenols is 1. The van der Waals surface area contributed by atoms with Crippen molar-refractivity contribution in [3.05, 3.63) is 59.9 Å². The van der Waals surface area contributed by atoms with Crippen LogP contribution in [0.1, 0.15) is 11.1 Å². The van der Waals surface area contributed by atoms with Gasteiger partial charge in [-0.15, -0.1) is 12.4 Å². The molecule has 2 aromatic rings. The number of aromatic nitrogens is 1. The van der Waals surface area contributed by atoms with Crippen molar-refractivity contribution in [3.63, 3.8) is 0 Å². The number of rotatable bonds is 2. The van der Waals surface area contributed by atoms with E-state index in [1.165, 1.54) is 0 Å². The molecule has 2 rings (SSSR count). The Hall–Kier alpha value is -1.80. The molecule has 1 aromatic carbocycles. The third-order valence-corrected chi connectivity index (χ3v) is 2.08. The molecule has 0 amide bonds. The quantitative estimate of drug-likeness (QED) is 0.863. The predicted molar refractivity (Wildman–Crippen MR) is 68.5 cm³/mol. The Balaban J connectivity index is 0.00000128. The van der Waals surface area contributed by atoms with E-state index in [0.717, 1.165) is 11.1 Å². The predicted octanol–water partition coefficient (Wildman–Crippen LogP) is 3.38. The molecule has 0 aliphatic carbocycles. The largest absolute Gasteiger partial charge is 0.507 e. The van der Waals surface area contributed by atoms with Gasteiger partial charge in [-0.2, -0.15) is 0 Å². The molecule has 0 aliphatic rings. The fourth-order valence-electron chi connectivity index (χ4n) is 1.29. The Morgan fingerprint density at radius 1 is 1.00 bits per heavy atom. The molecular formula is C13H12ClNO. The molecule has 1 heterocycles. The number of benzene rings is 1. The van der Waals surface area contributed by atoms with Gasteiger partial charge in [0.1, 0.15) is 5.75 Å². The molecule has 0 bridgehead atoms. The van der Waals surface area contributed by atoms with E-state index in [2.05, 4.69) is 4.98 Å². The monoisotopic (exact) mass is 233 g/mol. The third kappa shape index (κ3) is 3.11. The minimum Gasteiger partial charge on any atom is -0.507 e. The topological polar surface area (TPSA) is 33.1 Å². The molecule has 1 aromatic heterocycles. The second-order valence-corrected chi connectivity index (χ2v) is 3.18. The second-order valence-electron chi connectivity index (χ2n) is 3.18. The van der Waals surface area contributed by atoms with Crippen molar-refractivity contribution in [2.45, 2.75) is 0 Å². The minimum atomic E-state index is 0. The standard InChI is InChI=1S/C13H11NO.ClH/c15-13-6-2-1-5-12(13)8-7-11-4-3-9-14-10-11;/h1-10,15H;1H/b8-7+;. The highest BCUT2D eigenvalue weighted by atomic mass is 35.5. The summed E-state index contributed by atoms with van der Waals surface area (Å²) < 4.78 is 0. The second kappa shape index (κ2) is 5.93. The Labute approximate surface area is 101 Å². The number of phenolic OH excluding ortho intramolecular Hbond substituents is 1. The summed E-state index contributed by atoms with van der Waals surface area (Å²) in [5, 5.41) is 9.52. The van der Waals surface area contributed by atoms with Gasteiger partial charge in [0.25, 0.3) is 0 Å². The maximum Gasteiger partial charge on any atom is 0.122 e. The van der Waals surface area contributed by atoms with Crippen molar-refractivity contribution in [1.29, 1.82) is 0 Å². The summed E-state index contributed by atoms with van der Waals surface area (Å²) >= 11 is 0. The molecular weight excluding hydrogens is 222 g/mol. The Kier molecular flexibility index (Phi) is 4.55. The van der Waals surface area contributed by atoms with Gasteiger partial charge < -0.3 is 5.11 Å². The zero-order valence-electron chi connectivity index (χ0n) is 8.58. The van der Waals surface area contributed by atoms with E-state index in [1.807, 2.05) is 36.4 Å². The number of nitrogens with zero attached hydrogens (tertiary/aromatic N) is 1. The average molecular weight is 234 g/mol. The van der Waals surface area contributed by atoms with E-state index < -0.39 is 0 Å². The summed E-state index contributed by atoms with van der Waals surface area (Å²) in [5.41, 5.74) is 1.82. The summed E-state index contributed by atoms with van der Waals surface area (Å²) in [4.78, 5) is 4.01. The molecule has 0 radical (unpaired) electrons. The van der Waals surface area contributed by atoms with E-state index in [9.17, 15) is 5.11 Å². The van der Waals surface area contributed by atoms with Gasteiger partial charge in [-0.3, -0.25) is 4.98 Å². The molecule has 82 valence electrons. The van der Waals surface area contributed by atoms with Gasteiger partial charge in [-0.1, -0.05) is 36.4 Å². The van der Waals surface area contributed by atoms with Crippen LogP contribution in [0.5, 0.6) is 5.75 Å². The van der Waals surface area contributed by atoms with Crippen molar-refractivity contribution in [2.24, 2.45) is 0 Å². The first-order valence-corrected chi connectivity index (χ1v) is 4.72. The van der Waals surface area contributed by atoms with Gasteiger partial charge in [0.2, 0.25) is 0 Å². The summed E-state index contributed by atoms with van der Waals surface area (Å²) in [6, 6.07) is 11.1. The number of para-hydroxylation sites is 1. The average Bonchev–Trinajstić information content (AvgIpc) is 2.29. The van der Waals surface area contributed by atoms with Crippen molar-refractivity contribution in [3.8, 4) is 5.75 Å². The molecule has 0 saturated carbocycles. The fourth-order valence-corrected chi connectivity index (χ4v) is 1.29. The van der Waals surface area contributed by atoms with Crippen LogP contribution in [0.25, 0.3) is 12.2 Å². The Morgan fingerprint density at radius 2 is 1.81 bits per heavy atom. The lowest BCUT2D eigenvalue weighted by Gasteiger charge is -1.97. The minimum absolute atomic E-state index is 0. The van der Waals surface area contributed by atoms with Crippen LogP contribution in [0.15, 0.2) is 48.8 Å². The van der Waals surface area contributed by atoms with Crippen molar-refractivity contribution in [1.82, 2.24) is 4.98 Å². The van der Waals surface area contributed by atoms with Gasteiger partial charge >= 0.3 is 0 Å². The molecule has 0 saturated heterocycles. The Morgan fingerprint density at radius 3 is 2.50 bits per heavy atom. The van der Waals surface area contributed by atoms with Gasteiger partial charge in [0.05, 0.1) is 0 Å². The lowest BCUT2D eigenvalue weighted by molar-refractivity contribution is 0.474. The molecule has 3 heteroatoms. The lowest BCUT2D eigenvalue weighted by Crippen LogP contribution is -1.75. The lowest BCUT2D eigenvalue weighted by atomic mass is 10.1. The van der Waals surface area contributed by atoms with Crippen LogP contribution in [0.4, 0.5) is 0 Å². The Bertz CT molecular complexity index is 468. The first kappa shape index (κ1) is 12.3. The molecule has 0 fully saturated rings. The third-order valence-electron chi connectivity index (χ3n) is 2.08. The van der Waals surface area contributed by atoms with Gasteiger partial charge in [0.15, 0.2) is 0 Å². The molecule has 0 unspecified atom stereocenters. The van der Waals surface area contributed by atoms with Gasteiger partial charge in [-0.05, 0) is 17.7 Å². The summed E-state index contributed by atoms with van der Waals surface area (Å²) in [7, 11) is 0. The van der Waals surface area contributed by atoms with Gasteiger partial charge in [0, 0.05) is 18.0 Å². The van der Waals surface area contributed by atoms with Crippen LogP contribution in [0, 0.1) is 0 Å². The van der Waals surface area contributed by atoms with Crippen LogP contribution in [0.2, 0.25) is 0 Å². The van der Waals surface area contributed by atoms with E-state index in [1.54, 1.807) is 24.5 Å². The summed E-state index contributed by atoms with van der Waals surface area (Å²) in [5.74, 6) is 0.289. The van der Waals surface area contributed by atoms with E-state index in [-0.39, 0.29) is 18.2 Å². The highest BCUT2D eigenvalue weighted by Gasteiger charge is 1.93. The van der Waals surface area contributed by atoms with Crippen LogP contribution in [-0.2, 0) is 0 Å². The smallest absolute Gasteiger partial charge is 0.122 e. The van der Waals surface area contributed by atoms with E-state index in [4.69, 9.17) is 0 Å². The molecule has 0 aliphatic heterocycles. The van der Waals surface area contributed by atoms with E-state index in [0.29, 0.717) is 0 Å². The highest BCUT2D eigenvalue weighted by molar-refractivity contribution is 5.85. The first-order chi connectivity index (χ1) is 7.36. The zero-order chi connectivity index (χ0) is 10.5. The molecule has 1 N–H and O–H groups in total. The number of pyridine rings is 1. The highest BCUT2D eigenvalue weighted by Crippen LogP contribution is 2.18.